The van der Waals surface area contributed by atoms with Gasteiger partial charge in [0.05, 0.1) is 11.0 Å². The highest BCUT2D eigenvalue weighted by molar-refractivity contribution is 9.10. The third-order valence-electron chi connectivity index (χ3n) is 3.14. The maximum Gasteiger partial charge on any atom is 0.133 e. The molecule has 1 N–H and O–H groups in total. The lowest BCUT2D eigenvalue weighted by molar-refractivity contribution is 0.900. The molecule has 21 heavy (non-hydrogen) atoms. The summed E-state index contributed by atoms with van der Waals surface area (Å²) in [6.07, 6.45) is 0. The molecular formula is C17H16BrN3. The van der Waals surface area contributed by atoms with Crippen molar-refractivity contribution in [1.29, 1.82) is 0 Å². The van der Waals surface area contributed by atoms with Crippen molar-refractivity contribution in [3.63, 3.8) is 0 Å². The van der Waals surface area contributed by atoms with Gasteiger partial charge in [0.15, 0.2) is 0 Å². The fourth-order valence-corrected chi connectivity index (χ4v) is 2.73. The van der Waals surface area contributed by atoms with Gasteiger partial charge >= 0.3 is 0 Å². The molecule has 0 saturated heterocycles. The van der Waals surface area contributed by atoms with Crippen molar-refractivity contribution in [2.24, 2.45) is 0 Å². The molecule has 0 amide bonds. The number of fused-ring (bicyclic) bond motifs is 1. The number of aromatic nitrogens is 2. The van der Waals surface area contributed by atoms with Crippen LogP contribution in [0, 0.1) is 0 Å². The third kappa shape index (κ3) is 3.05. The largest absolute Gasteiger partial charge is 0.383 e. The Bertz CT molecular complexity index is 767. The average molecular weight is 342 g/mol. The van der Waals surface area contributed by atoms with Crippen LogP contribution in [0.4, 0.5) is 5.69 Å². The van der Waals surface area contributed by atoms with Gasteiger partial charge in [-0.25, -0.2) is 9.97 Å². The highest BCUT2D eigenvalue weighted by Gasteiger charge is 2.08. The van der Waals surface area contributed by atoms with Gasteiger partial charge in [-0.2, -0.15) is 0 Å². The standard InChI is InChI=1S/C17H16BrN3/c1-11(2)19-13-9-7-12(8-10-13)16-17(18)21-15-6-4-3-5-14(15)20-16/h3-11,19H,1-2H3. The van der Waals surface area contributed by atoms with E-state index in [1.807, 2.05) is 24.3 Å². The number of benzene rings is 2. The van der Waals surface area contributed by atoms with Crippen LogP contribution in [0.3, 0.4) is 0 Å². The quantitative estimate of drug-likeness (QED) is 0.737. The molecule has 0 saturated carbocycles. The Balaban J connectivity index is 2.01. The van der Waals surface area contributed by atoms with E-state index < -0.39 is 0 Å². The zero-order chi connectivity index (χ0) is 14.8. The molecule has 0 aliphatic rings. The normalized spacial score (nSPS) is 11.0. The molecule has 0 fully saturated rings. The Morgan fingerprint density at radius 2 is 1.52 bits per heavy atom. The van der Waals surface area contributed by atoms with Crippen LogP contribution in [0.5, 0.6) is 0 Å². The molecule has 2 aromatic carbocycles. The maximum atomic E-state index is 4.71. The summed E-state index contributed by atoms with van der Waals surface area (Å²) in [6, 6.07) is 16.6. The second-order valence-electron chi connectivity index (χ2n) is 5.23. The number of rotatable bonds is 3. The first-order chi connectivity index (χ1) is 10.1. The summed E-state index contributed by atoms with van der Waals surface area (Å²) in [4.78, 5) is 9.27. The van der Waals surface area contributed by atoms with Crippen LogP contribution in [0.25, 0.3) is 22.3 Å². The van der Waals surface area contributed by atoms with Crippen LogP contribution in [0.1, 0.15) is 13.8 Å². The van der Waals surface area contributed by atoms with E-state index in [1.165, 1.54) is 0 Å². The Labute approximate surface area is 132 Å². The Kier molecular flexibility index (Phi) is 3.88. The van der Waals surface area contributed by atoms with Crippen molar-refractivity contribution in [3.8, 4) is 11.3 Å². The number of halogens is 1. The summed E-state index contributed by atoms with van der Waals surface area (Å²) in [5.74, 6) is 0. The van der Waals surface area contributed by atoms with Gasteiger partial charge in [0, 0.05) is 17.3 Å². The van der Waals surface area contributed by atoms with Gasteiger partial charge in [0.25, 0.3) is 0 Å². The molecule has 0 bridgehead atoms. The minimum absolute atomic E-state index is 0.419. The summed E-state index contributed by atoms with van der Waals surface area (Å²) in [6.45, 7) is 4.25. The topological polar surface area (TPSA) is 37.8 Å². The monoisotopic (exact) mass is 341 g/mol. The maximum absolute atomic E-state index is 4.71. The molecular weight excluding hydrogens is 326 g/mol. The average Bonchev–Trinajstić information content (AvgIpc) is 2.47. The molecule has 0 unspecified atom stereocenters. The van der Waals surface area contributed by atoms with Crippen molar-refractivity contribution >= 4 is 32.7 Å². The number of anilines is 1. The first-order valence-electron chi connectivity index (χ1n) is 6.93. The first kappa shape index (κ1) is 14.0. The second-order valence-corrected chi connectivity index (χ2v) is 5.98. The highest BCUT2D eigenvalue weighted by Crippen LogP contribution is 2.28. The number of nitrogens with zero attached hydrogens (tertiary/aromatic N) is 2. The molecule has 106 valence electrons. The Morgan fingerprint density at radius 3 is 2.14 bits per heavy atom. The fraction of sp³-hybridized carbons (Fsp3) is 0.176. The van der Waals surface area contributed by atoms with Gasteiger partial charge in [-0.05, 0) is 54.0 Å². The van der Waals surface area contributed by atoms with E-state index in [4.69, 9.17) is 4.98 Å². The lowest BCUT2D eigenvalue weighted by atomic mass is 10.1. The molecule has 4 heteroatoms. The van der Waals surface area contributed by atoms with Crippen LogP contribution < -0.4 is 5.32 Å². The van der Waals surface area contributed by atoms with Crippen molar-refractivity contribution in [3.05, 3.63) is 53.1 Å². The summed E-state index contributed by atoms with van der Waals surface area (Å²) in [5, 5.41) is 3.38. The van der Waals surface area contributed by atoms with Gasteiger partial charge in [-0.3, -0.25) is 0 Å². The van der Waals surface area contributed by atoms with Crippen LogP contribution >= 0.6 is 15.9 Å². The Hall–Kier alpha value is -1.94. The molecule has 3 nitrogen and oxygen atoms in total. The van der Waals surface area contributed by atoms with Crippen LogP contribution in [0.15, 0.2) is 53.1 Å². The highest BCUT2D eigenvalue weighted by atomic mass is 79.9. The van der Waals surface area contributed by atoms with Crippen molar-refractivity contribution in [2.75, 3.05) is 5.32 Å². The minimum Gasteiger partial charge on any atom is -0.383 e. The zero-order valence-electron chi connectivity index (χ0n) is 12.0. The molecule has 0 radical (unpaired) electrons. The lowest BCUT2D eigenvalue weighted by Gasteiger charge is -2.11. The molecule has 3 rings (SSSR count). The molecule has 0 atom stereocenters. The lowest BCUT2D eigenvalue weighted by Crippen LogP contribution is -2.09. The molecule has 0 aliphatic heterocycles. The zero-order valence-corrected chi connectivity index (χ0v) is 13.6. The molecule has 3 aromatic rings. The van der Waals surface area contributed by atoms with Crippen molar-refractivity contribution < 1.29 is 0 Å². The van der Waals surface area contributed by atoms with E-state index in [2.05, 4.69) is 64.3 Å². The molecule has 0 aliphatic carbocycles. The summed E-state index contributed by atoms with van der Waals surface area (Å²) in [5.41, 5.74) is 4.82. The predicted molar refractivity (Wildman–Crippen MR) is 91.4 cm³/mol. The van der Waals surface area contributed by atoms with E-state index in [0.29, 0.717) is 6.04 Å². The van der Waals surface area contributed by atoms with Crippen molar-refractivity contribution in [2.45, 2.75) is 19.9 Å². The number of hydrogen-bond acceptors (Lipinski definition) is 3. The molecule has 0 spiro atoms. The fourth-order valence-electron chi connectivity index (χ4n) is 2.22. The van der Waals surface area contributed by atoms with E-state index in [1.54, 1.807) is 0 Å². The minimum atomic E-state index is 0.419. The van der Waals surface area contributed by atoms with E-state index in [0.717, 1.165) is 32.6 Å². The second kappa shape index (κ2) is 5.82. The molecule has 1 aromatic heterocycles. The van der Waals surface area contributed by atoms with Crippen LogP contribution in [0.2, 0.25) is 0 Å². The van der Waals surface area contributed by atoms with Gasteiger partial charge in [0.1, 0.15) is 10.3 Å². The first-order valence-corrected chi connectivity index (χ1v) is 7.72. The number of nitrogens with one attached hydrogen (secondary N) is 1. The van der Waals surface area contributed by atoms with Crippen LogP contribution in [-0.4, -0.2) is 16.0 Å². The number of para-hydroxylation sites is 2. The third-order valence-corrected chi connectivity index (χ3v) is 3.69. The smallest absolute Gasteiger partial charge is 0.133 e. The van der Waals surface area contributed by atoms with Gasteiger partial charge in [-0.1, -0.05) is 24.3 Å². The van der Waals surface area contributed by atoms with Gasteiger partial charge < -0.3 is 5.32 Å². The molecule has 1 heterocycles. The Morgan fingerprint density at radius 1 is 0.905 bits per heavy atom. The summed E-state index contributed by atoms with van der Waals surface area (Å²) >= 11 is 3.52. The predicted octanol–water partition coefficient (Wildman–Crippen LogP) is 4.88. The van der Waals surface area contributed by atoms with E-state index >= 15 is 0 Å². The van der Waals surface area contributed by atoms with Gasteiger partial charge in [0.2, 0.25) is 0 Å². The summed E-state index contributed by atoms with van der Waals surface area (Å²) < 4.78 is 0.769. The summed E-state index contributed by atoms with van der Waals surface area (Å²) in [7, 11) is 0. The SMILES string of the molecule is CC(C)Nc1ccc(-c2nc3ccccc3nc2Br)cc1. The van der Waals surface area contributed by atoms with Crippen molar-refractivity contribution in [1.82, 2.24) is 9.97 Å². The van der Waals surface area contributed by atoms with Gasteiger partial charge in [-0.15, -0.1) is 0 Å². The van der Waals surface area contributed by atoms with E-state index in [-0.39, 0.29) is 0 Å². The number of hydrogen-bond donors (Lipinski definition) is 1. The van der Waals surface area contributed by atoms with Crippen LogP contribution in [-0.2, 0) is 0 Å². The van der Waals surface area contributed by atoms with E-state index in [9.17, 15) is 0 Å².